The van der Waals surface area contributed by atoms with E-state index >= 15 is 0 Å². The molecule has 0 heterocycles. The van der Waals surface area contributed by atoms with Crippen LogP contribution in [0.15, 0.2) is 27.6 Å². The topological polar surface area (TPSA) is 21.3 Å². The van der Waals surface area contributed by atoms with Gasteiger partial charge >= 0.3 is 0 Å². The third-order valence-corrected chi connectivity index (χ3v) is 4.21. The zero-order valence-corrected chi connectivity index (χ0v) is 12.2. The molecule has 16 heavy (non-hydrogen) atoms. The molecule has 1 aromatic carbocycles. The number of ether oxygens (including phenoxy) is 1. The second-order valence-corrected chi connectivity index (χ2v) is 5.48. The molecule has 0 amide bonds. The van der Waals surface area contributed by atoms with E-state index in [0.717, 1.165) is 25.3 Å². The molecule has 2 nitrogen and oxygen atoms in total. The lowest BCUT2D eigenvalue weighted by atomic mass is 10.2. The first-order valence-electron chi connectivity index (χ1n) is 5.32. The van der Waals surface area contributed by atoms with Crippen molar-refractivity contribution < 1.29 is 4.74 Å². The van der Waals surface area contributed by atoms with E-state index in [0.29, 0.717) is 0 Å². The molecule has 0 aliphatic carbocycles. The summed E-state index contributed by atoms with van der Waals surface area (Å²) < 4.78 is 6.21. The minimum absolute atomic E-state index is 0.836. The largest absolute Gasteiger partial charge is 0.385 e. The lowest BCUT2D eigenvalue weighted by Gasteiger charge is -2.07. The van der Waals surface area contributed by atoms with E-state index in [2.05, 4.69) is 39.4 Å². The summed E-state index contributed by atoms with van der Waals surface area (Å²) in [5, 5.41) is 3.15. The summed E-state index contributed by atoms with van der Waals surface area (Å²) in [5.41, 5.74) is 1.30. The monoisotopic (exact) mass is 303 g/mol. The van der Waals surface area contributed by atoms with Crippen molar-refractivity contribution in [2.75, 3.05) is 26.5 Å². The van der Waals surface area contributed by atoms with Gasteiger partial charge in [-0.1, -0.05) is 6.07 Å². The molecule has 1 rings (SSSR count). The molecule has 0 saturated heterocycles. The van der Waals surface area contributed by atoms with E-state index in [9.17, 15) is 0 Å². The zero-order chi connectivity index (χ0) is 11.8. The Bertz CT molecular complexity index is 320. The number of hydrogen-bond donors (Lipinski definition) is 1. The smallest absolute Gasteiger partial charge is 0.0470 e. The van der Waals surface area contributed by atoms with Crippen molar-refractivity contribution >= 4 is 27.7 Å². The molecule has 0 spiro atoms. The van der Waals surface area contributed by atoms with Crippen molar-refractivity contribution in [2.24, 2.45) is 0 Å². The highest BCUT2D eigenvalue weighted by atomic mass is 79.9. The fourth-order valence-electron chi connectivity index (χ4n) is 1.36. The van der Waals surface area contributed by atoms with E-state index in [-0.39, 0.29) is 0 Å². The molecule has 4 heteroatoms. The van der Waals surface area contributed by atoms with E-state index in [4.69, 9.17) is 4.74 Å². The maximum atomic E-state index is 5.03. The lowest BCUT2D eigenvalue weighted by molar-refractivity contribution is 0.200. The predicted octanol–water partition coefficient (Wildman–Crippen LogP) is 3.30. The number of nitrogens with one attached hydrogen (secondary N) is 1. The Hall–Kier alpha value is -0.0300. The summed E-state index contributed by atoms with van der Waals surface area (Å²) in [6.07, 6.45) is 1.09. The van der Waals surface area contributed by atoms with Crippen LogP contribution in [0.2, 0.25) is 0 Å². The molecule has 0 aromatic heterocycles. The molecule has 1 N–H and O–H groups in total. The van der Waals surface area contributed by atoms with Gasteiger partial charge < -0.3 is 10.1 Å². The number of methoxy groups -OCH3 is 1. The van der Waals surface area contributed by atoms with E-state index < -0.39 is 0 Å². The predicted molar refractivity (Wildman–Crippen MR) is 74.1 cm³/mol. The van der Waals surface area contributed by atoms with Gasteiger partial charge in [0.1, 0.15) is 0 Å². The molecule has 0 unspecified atom stereocenters. The van der Waals surface area contributed by atoms with Crippen molar-refractivity contribution in [3.8, 4) is 0 Å². The minimum Gasteiger partial charge on any atom is -0.385 e. The molecule has 90 valence electrons. The summed E-state index contributed by atoms with van der Waals surface area (Å²) >= 11 is 5.47. The molecular weight excluding hydrogens is 286 g/mol. The van der Waals surface area contributed by atoms with Gasteiger partial charge in [-0.2, -0.15) is 0 Å². The summed E-state index contributed by atoms with van der Waals surface area (Å²) in [6.45, 7) is 1.75. The molecule has 0 fully saturated rings. The van der Waals surface area contributed by atoms with Gasteiger partial charge in [0.15, 0.2) is 0 Å². The fraction of sp³-hybridized carbons (Fsp3) is 0.500. The quantitative estimate of drug-likeness (QED) is 0.617. The molecule has 0 aliphatic rings. The summed E-state index contributed by atoms with van der Waals surface area (Å²) in [6, 6.07) is 6.52. The number of benzene rings is 1. The van der Waals surface area contributed by atoms with Crippen LogP contribution in [0.25, 0.3) is 0 Å². The summed E-state index contributed by atoms with van der Waals surface area (Å²) in [7, 11) is 3.70. The van der Waals surface area contributed by atoms with Crippen LogP contribution in [0.3, 0.4) is 0 Å². The van der Waals surface area contributed by atoms with Crippen LogP contribution >= 0.6 is 27.7 Å². The highest BCUT2D eigenvalue weighted by Crippen LogP contribution is 2.28. The standard InChI is InChI=1S/C12H18BrNOS/c1-14-9-10-4-5-12(11(13)8-10)16-7-3-6-15-2/h4-5,8,14H,3,6-7,9H2,1-2H3. The third-order valence-electron chi connectivity index (χ3n) is 2.13. The van der Waals surface area contributed by atoms with Crippen molar-refractivity contribution in [1.29, 1.82) is 0 Å². The van der Waals surface area contributed by atoms with E-state index in [1.54, 1.807) is 7.11 Å². The zero-order valence-electron chi connectivity index (χ0n) is 9.75. The van der Waals surface area contributed by atoms with Crippen molar-refractivity contribution in [3.63, 3.8) is 0 Å². The highest BCUT2D eigenvalue weighted by Gasteiger charge is 2.01. The molecule has 1 aromatic rings. The summed E-state index contributed by atoms with van der Waals surface area (Å²) in [4.78, 5) is 1.30. The Kier molecular flexibility index (Phi) is 7.12. The van der Waals surface area contributed by atoms with Crippen molar-refractivity contribution in [3.05, 3.63) is 28.2 Å². The number of hydrogen-bond acceptors (Lipinski definition) is 3. The van der Waals surface area contributed by atoms with Gasteiger partial charge in [0.25, 0.3) is 0 Å². The second-order valence-electron chi connectivity index (χ2n) is 3.49. The first-order valence-corrected chi connectivity index (χ1v) is 7.10. The van der Waals surface area contributed by atoms with Crippen molar-refractivity contribution in [2.45, 2.75) is 17.9 Å². The number of rotatable bonds is 7. The normalized spacial score (nSPS) is 10.7. The Morgan fingerprint density at radius 1 is 1.44 bits per heavy atom. The van der Waals surface area contributed by atoms with Crippen LogP contribution in [-0.4, -0.2) is 26.5 Å². The lowest BCUT2D eigenvalue weighted by Crippen LogP contribution is -2.04. The Morgan fingerprint density at radius 2 is 2.25 bits per heavy atom. The SMILES string of the molecule is CNCc1ccc(SCCCOC)c(Br)c1. The van der Waals surface area contributed by atoms with E-state index in [1.807, 2.05) is 18.8 Å². The molecular formula is C12H18BrNOS. The average Bonchev–Trinajstić information content (AvgIpc) is 2.27. The third kappa shape index (κ3) is 4.87. The first-order chi connectivity index (χ1) is 7.77. The molecule has 0 aliphatic heterocycles. The summed E-state index contributed by atoms with van der Waals surface area (Å²) in [5.74, 6) is 1.10. The fourth-order valence-corrected chi connectivity index (χ4v) is 2.97. The van der Waals surface area contributed by atoms with E-state index in [1.165, 1.54) is 14.9 Å². The van der Waals surface area contributed by atoms with Gasteiger partial charge in [-0.05, 0) is 47.1 Å². The average molecular weight is 304 g/mol. The molecule has 0 bridgehead atoms. The highest BCUT2D eigenvalue weighted by molar-refractivity contribution is 9.10. The Balaban J connectivity index is 2.47. The van der Waals surface area contributed by atoms with Gasteiger partial charge in [-0.3, -0.25) is 0 Å². The molecule has 0 atom stereocenters. The second kappa shape index (κ2) is 8.12. The van der Waals surface area contributed by atoms with Crippen LogP contribution in [0.4, 0.5) is 0 Å². The maximum Gasteiger partial charge on any atom is 0.0470 e. The van der Waals surface area contributed by atoms with Crippen molar-refractivity contribution in [1.82, 2.24) is 5.32 Å². The van der Waals surface area contributed by atoms with Crippen LogP contribution in [0.5, 0.6) is 0 Å². The van der Waals surface area contributed by atoms with Gasteiger partial charge in [0, 0.05) is 35.4 Å². The van der Waals surface area contributed by atoms with Crippen LogP contribution in [0, 0.1) is 0 Å². The maximum absolute atomic E-state index is 5.03. The first kappa shape index (κ1) is 14.0. The van der Waals surface area contributed by atoms with Crippen LogP contribution < -0.4 is 5.32 Å². The van der Waals surface area contributed by atoms with Gasteiger partial charge in [0.05, 0.1) is 0 Å². The minimum atomic E-state index is 0.836. The number of halogens is 1. The van der Waals surface area contributed by atoms with Crippen LogP contribution in [-0.2, 0) is 11.3 Å². The van der Waals surface area contributed by atoms with Crippen LogP contribution in [0.1, 0.15) is 12.0 Å². The molecule has 0 saturated carbocycles. The van der Waals surface area contributed by atoms with Gasteiger partial charge in [-0.15, -0.1) is 11.8 Å². The number of thioether (sulfide) groups is 1. The Morgan fingerprint density at radius 3 is 2.88 bits per heavy atom. The van der Waals surface area contributed by atoms with Gasteiger partial charge in [-0.25, -0.2) is 0 Å². The molecule has 0 radical (unpaired) electrons. The Labute approximate surface area is 110 Å². The van der Waals surface area contributed by atoms with Gasteiger partial charge in [0.2, 0.25) is 0 Å².